The van der Waals surface area contributed by atoms with E-state index in [4.69, 9.17) is 17.6 Å². The number of hydrogen-bond acceptors (Lipinski definition) is 4. The molecule has 0 aromatic heterocycles. The van der Waals surface area contributed by atoms with Crippen molar-refractivity contribution in [1.82, 2.24) is 0 Å². The zero-order chi connectivity index (χ0) is 10.7. The van der Waals surface area contributed by atoms with Gasteiger partial charge >= 0.3 is 5.97 Å². The molecular weight excluding hydrogens is 206 g/mol. The normalized spacial score (nSPS) is 9.57. The van der Waals surface area contributed by atoms with E-state index in [0.717, 1.165) is 0 Å². The molecule has 0 fully saturated rings. The molecule has 5 heteroatoms. The SMILES string of the molecule is CC(=O)c1ccc(C(=O)OCl)cc1N. The molecule has 0 atom stereocenters. The molecule has 0 aliphatic heterocycles. The second-order valence-electron chi connectivity index (χ2n) is 2.72. The highest BCUT2D eigenvalue weighted by Crippen LogP contribution is 2.15. The summed E-state index contributed by atoms with van der Waals surface area (Å²) in [4.78, 5) is 21.9. The van der Waals surface area contributed by atoms with Crippen LogP contribution < -0.4 is 5.73 Å². The van der Waals surface area contributed by atoms with Gasteiger partial charge in [-0.3, -0.25) is 4.79 Å². The summed E-state index contributed by atoms with van der Waals surface area (Å²) in [6.45, 7) is 1.39. The van der Waals surface area contributed by atoms with E-state index in [2.05, 4.69) is 4.29 Å². The second-order valence-corrected chi connectivity index (χ2v) is 2.88. The number of ketones is 1. The van der Waals surface area contributed by atoms with Crippen molar-refractivity contribution in [2.75, 3.05) is 5.73 Å². The molecule has 0 spiro atoms. The number of halogens is 1. The number of benzene rings is 1. The van der Waals surface area contributed by atoms with E-state index in [1.165, 1.54) is 25.1 Å². The van der Waals surface area contributed by atoms with Crippen LogP contribution in [0.25, 0.3) is 0 Å². The molecule has 1 aromatic carbocycles. The number of carbonyl (C=O) groups excluding carboxylic acids is 2. The third kappa shape index (κ3) is 2.03. The van der Waals surface area contributed by atoms with Crippen LogP contribution in [-0.4, -0.2) is 11.8 Å². The number of hydrogen-bond donors (Lipinski definition) is 1. The lowest BCUT2D eigenvalue weighted by molar-refractivity contribution is 0.0751. The van der Waals surface area contributed by atoms with Gasteiger partial charge in [-0.2, -0.15) is 0 Å². The van der Waals surface area contributed by atoms with Crippen molar-refractivity contribution in [3.05, 3.63) is 29.3 Å². The summed E-state index contributed by atoms with van der Waals surface area (Å²) >= 11 is 4.88. The Hall–Kier alpha value is -1.55. The Morgan fingerprint density at radius 3 is 2.50 bits per heavy atom. The first-order chi connectivity index (χ1) is 6.56. The van der Waals surface area contributed by atoms with Crippen LogP contribution >= 0.6 is 11.9 Å². The largest absolute Gasteiger partial charge is 0.398 e. The molecule has 0 saturated carbocycles. The van der Waals surface area contributed by atoms with Crippen molar-refractivity contribution in [2.45, 2.75) is 6.92 Å². The zero-order valence-corrected chi connectivity index (χ0v) is 8.17. The Labute approximate surface area is 85.8 Å². The maximum atomic E-state index is 11.0. The van der Waals surface area contributed by atoms with Gasteiger partial charge in [-0.05, 0) is 25.1 Å². The van der Waals surface area contributed by atoms with Gasteiger partial charge in [0.1, 0.15) is 11.9 Å². The van der Waals surface area contributed by atoms with E-state index < -0.39 is 5.97 Å². The smallest absolute Gasteiger partial charge is 0.356 e. The van der Waals surface area contributed by atoms with Gasteiger partial charge < -0.3 is 10.0 Å². The Morgan fingerprint density at radius 1 is 1.43 bits per heavy atom. The van der Waals surface area contributed by atoms with E-state index in [-0.39, 0.29) is 17.0 Å². The molecule has 0 unspecified atom stereocenters. The summed E-state index contributed by atoms with van der Waals surface area (Å²) in [7, 11) is 0. The van der Waals surface area contributed by atoms with Crippen LogP contribution in [0, 0.1) is 0 Å². The third-order valence-corrected chi connectivity index (χ3v) is 1.88. The lowest BCUT2D eigenvalue weighted by atomic mass is 10.1. The molecule has 0 amide bonds. The first-order valence-corrected chi connectivity index (χ1v) is 4.10. The van der Waals surface area contributed by atoms with E-state index in [0.29, 0.717) is 5.56 Å². The van der Waals surface area contributed by atoms with Crippen molar-refractivity contribution < 1.29 is 13.9 Å². The van der Waals surface area contributed by atoms with Gasteiger partial charge in [0.2, 0.25) is 0 Å². The van der Waals surface area contributed by atoms with Gasteiger partial charge in [0.25, 0.3) is 0 Å². The minimum atomic E-state index is -0.700. The topological polar surface area (TPSA) is 69.4 Å². The van der Waals surface area contributed by atoms with E-state index in [1.54, 1.807) is 0 Å². The summed E-state index contributed by atoms with van der Waals surface area (Å²) < 4.78 is 3.98. The van der Waals surface area contributed by atoms with Crippen molar-refractivity contribution in [1.29, 1.82) is 0 Å². The lowest BCUT2D eigenvalue weighted by Crippen LogP contribution is -2.04. The molecule has 0 radical (unpaired) electrons. The minimum absolute atomic E-state index is 0.159. The molecule has 0 aliphatic rings. The van der Waals surface area contributed by atoms with Gasteiger partial charge in [0.05, 0.1) is 5.56 Å². The molecule has 14 heavy (non-hydrogen) atoms. The fraction of sp³-hybridized carbons (Fsp3) is 0.111. The average Bonchev–Trinajstić information content (AvgIpc) is 2.15. The Morgan fingerprint density at radius 2 is 2.07 bits per heavy atom. The second kappa shape index (κ2) is 4.11. The van der Waals surface area contributed by atoms with Crippen molar-refractivity contribution in [3.63, 3.8) is 0 Å². The molecule has 2 N–H and O–H groups in total. The third-order valence-electron chi connectivity index (χ3n) is 1.74. The van der Waals surface area contributed by atoms with E-state index in [9.17, 15) is 9.59 Å². The standard InChI is InChI=1S/C9H8ClNO3/c1-5(12)7-3-2-6(4-8(7)11)9(13)14-10/h2-4H,11H2,1H3. The maximum Gasteiger partial charge on any atom is 0.356 e. The minimum Gasteiger partial charge on any atom is -0.398 e. The Balaban J connectivity index is 3.12. The highest BCUT2D eigenvalue weighted by molar-refractivity contribution is 6.16. The Bertz CT molecular complexity index is 390. The molecule has 0 bridgehead atoms. The number of anilines is 1. The Kier molecular flexibility index (Phi) is 3.09. The predicted octanol–water partition coefficient (Wildman–Crippen LogP) is 1.78. The van der Waals surface area contributed by atoms with Gasteiger partial charge in [-0.1, -0.05) is 0 Å². The lowest BCUT2D eigenvalue weighted by Gasteiger charge is -2.03. The number of nitrogens with two attached hydrogens (primary N) is 1. The van der Waals surface area contributed by atoms with Crippen LogP contribution in [0.2, 0.25) is 0 Å². The molecule has 1 rings (SSSR count). The summed E-state index contributed by atoms with van der Waals surface area (Å²) in [5.74, 6) is -0.859. The summed E-state index contributed by atoms with van der Waals surface area (Å²) in [6.07, 6.45) is 0. The van der Waals surface area contributed by atoms with Crippen LogP contribution in [0.4, 0.5) is 5.69 Å². The molecule has 0 saturated heterocycles. The van der Waals surface area contributed by atoms with Crippen molar-refractivity contribution >= 4 is 29.3 Å². The van der Waals surface area contributed by atoms with Crippen LogP contribution in [0.15, 0.2) is 18.2 Å². The number of nitrogen functional groups attached to an aromatic ring is 1. The molecule has 0 aliphatic carbocycles. The fourth-order valence-electron chi connectivity index (χ4n) is 1.05. The maximum absolute atomic E-state index is 11.0. The number of carbonyl (C=O) groups is 2. The van der Waals surface area contributed by atoms with Crippen LogP contribution in [-0.2, 0) is 4.29 Å². The molecule has 0 heterocycles. The molecule has 1 aromatic rings. The molecule has 4 nitrogen and oxygen atoms in total. The van der Waals surface area contributed by atoms with Gasteiger partial charge in [0, 0.05) is 11.3 Å². The average molecular weight is 214 g/mol. The van der Waals surface area contributed by atoms with Crippen LogP contribution in [0.3, 0.4) is 0 Å². The van der Waals surface area contributed by atoms with Crippen molar-refractivity contribution in [2.24, 2.45) is 0 Å². The monoisotopic (exact) mass is 213 g/mol. The number of Topliss-reactive ketones (excluding diaryl/α,β-unsaturated/α-hetero) is 1. The summed E-state index contributed by atoms with van der Waals surface area (Å²) in [5.41, 5.74) is 6.36. The van der Waals surface area contributed by atoms with E-state index >= 15 is 0 Å². The first kappa shape index (κ1) is 10.5. The molecular formula is C9H8ClNO3. The number of rotatable bonds is 2. The first-order valence-electron chi connectivity index (χ1n) is 3.79. The highest BCUT2D eigenvalue weighted by Gasteiger charge is 2.10. The summed E-state index contributed by atoms with van der Waals surface area (Å²) in [5, 5.41) is 0. The fourth-order valence-corrected chi connectivity index (χ4v) is 1.14. The van der Waals surface area contributed by atoms with Gasteiger partial charge in [0.15, 0.2) is 5.78 Å². The molecule has 74 valence electrons. The van der Waals surface area contributed by atoms with Crippen LogP contribution in [0.1, 0.15) is 27.6 Å². The quantitative estimate of drug-likeness (QED) is 0.601. The van der Waals surface area contributed by atoms with Crippen molar-refractivity contribution in [3.8, 4) is 0 Å². The predicted molar refractivity (Wildman–Crippen MR) is 52.1 cm³/mol. The zero-order valence-electron chi connectivity index (χ0n) is 7.41. The highest BCUT2D eigenvalue weighted by atomic mass is 35.5. The van der Waals surface area contributed by atoms with E-state index in [1.807, 2.05) is 0 Å². The van der Waals surface area contributed by atoms with Crippen LogP contribution in [0.5, 0.6) is 0 Å². The van der Waals surface area contributed by atoms with Gasteiger partial charge in [-0.15, -0.1) is 0 Å². The summed E-state index contributed by atoms with van der Waals surface area (Å²) in [6, 6.07) is 4.24. The van der Waals surface area contributed by atoms with Gasteiger partial charge in [-0.25, -0.2) is 4.79 Å².